The molecule has 202 valence electrons. The van der Waals surface area contributed by atoms with Gasteiger partial charge < -0.3 is 94.8 Å². The molecule has 0 aliphatic carbocycles. The quantitative estimate of drug-likeness (QED) is 0.120. The number of aliphatic carboxylic acids is 7. The minimum absolute atomic E-state index is 0. The molecule has 0 atom stereocenters. The summed E-state index contributed by atoms with van der Waals surface area (Å²) in [6.07, 6.45) is -5.32. The Labute approximate surface area is 304 Å². The van der Waals surface area contributed by atoms with Gasteiger partial charge in [-0.25, -0.2) is 0 Å². The zero-order chi connectivity index (χ0) is 29.2. The summed E-state index contributed by atoms with van der Waals surface area (Å²) >= 11 is 0. The molecule has 0 aromatic rings. The van der Waals surface area contributed by atoms with Crippen LogP contribution in [0.25, 0.3) is 0 Å². The van der Waals surface area contributed by atoms with Crippen molar-refractivity contribution in [3.05, 3.63) is 15.3 Å². The van der Waals surface area contributed by atoms with Gasteiger partial charge in [-0.1, -0.05) is 6.92 Å². The van der Waals surface area contributed by atoms with E-state index in [2.05, 4.69) is 0 Å². The SMILES string of the molecule is CCC(=O)[O-].O=C([O-])CC(O)(CC(=O)[O-])C(=O)[O-].O=C([O-])CC(O)(CC(=O)[O-])C(=O)[O-].O=[N+]([O-])[O-].[Al+3].[Ca+2].[Ca+2].[Mg+2]. The van der Waals surface area contributed by atoms with E-state index in [1.54, 1.807) is 0 Å². The molecule has 0 aliphatic rings. The van der Waals surface area contributed by atoms with Gasteiger partial charge in [-0.2, -0.15) is 0 Å². The summed E-state index contributed by atoms with van der Waals surface area (Å²) in [5.41, 5.74) is -5.95. The third-order valence-corrected chi connectivity index (χ3v) is 2.80. The van der Waals surface area contributed by atoms with E-state index in [1.165, 1.54) is 6.92 Å². The second kappa shape index (κ2) is 30.2. The van der Waals surface area contributed by atoms with Gasteiger partial charge in [0.15, 0.2) is 0 Å². The fourth-order valence-electron chi connectivity index (χ4n) is 1.37. The first-order valence-electron chi connectivity index (χ1n) is 8.24. The number of rotatable bonds is 11. The van der Waals surface area contributed by atoms with Crippen molar-refractivity contribution in [1.82, 2.24) is 0 Å². The molecule has 0 radical (unpaired) electrons. The molecule has 0 aromatic carbocycles. The van der Waals surface area contributed by atoms with Crippen molar-refractivity contribution >= 4 is 158 Å². The number of aliphatic hydroxyl groups is 2. The van der Waals surface area contributed by atoms with Gasteiger partial charge in [0.25, 0.3) is 0 Å². The Bertz CT molecular complexity index is 724. The van der Waals surface area contributed by atoms with Crippen molar-refractivity contribution in [3.63, 3.8) is 0 Å². The second-order valence-corrected chi connectivity index (χ2v) is 5.78. The second-order valence-electron chi connectivity index (χ2n) is 5.78. The standard InChI is InChI=1S/2C6H8O7.C3H6O2.Al.2Ca.Mg.NO3/c2*7-3(8)1-6(13,5(11)12)2-4(9)10;1-2-3(4)5;;;;;2-1(3)4/h2*13H,1-2H2,(H,7,8)(H,9,10)(H,11,12);2H2,1H3,(H,4,5);;;;;/q;;;+3;3*+2;-1/p-7. The Hall–Kier alpha value is -0.772. The summed E-state index contributed by atoms with van der Waals surface area (Å²) in [6.45, 7) is 1.54. The molecule has 0 unspecified atom stereocenters. The van der Waals surface area contributed by atoms with Crippen molar-refractivity contribution in [2.45, 2.75) is 50.2 Å². The zero-order valence-electron chi connectivity index (χ0n) is 20.0. The fourth-order valence-corrected chi connectivity index (χ4v) is 1.37. The zero-order valence-corrected chi connectivity index (χ0v) is 27.0. The molecule has 0 aliphatic heterocycles. The van der Waals surface area contributed by atoms with Crippen LogP contribution in [0.3, 0.4) is 0 Å². The van der Waals surface area contributed by atoms with Crippen molar-refractivity contribution in [2.75, 3.05) is 0 Å². The number of hydrogen-bond acceptors (Lipinski definition) is 19. The van der Waals surface area contributed by atoms with Gasteiger partial charge in [0.2, 0.25) is 0 Å². The molecule has 24 heteroatoms. The topological polar surface area (TPSA) is 388 Å². The monoisotopic (exact) mass is 644 g/mol. The maximum absolute atomic E-state index is 10.1. The molecular formula is C15H15AlCa2MgNO19+. The maximum atomic E-state index is 10.1. The Morgan fingerprint density at radius 2 is 0.718 bits per heavy atom. The van der Waals surface area contributed by atoms with E-state index in [-0.39, 0.29) is 122 Å². The average molecular weight is 645 g/mol. The predicted octanol–water partition coefficient (Wildman–Crippen LogP) is -13.1. The maximum Gasteiger partial charge on any atom is 3.00 e. The first-order valence-corrected chi connectivity index (χ1v) is 8.24. The van der Waals surface area contributed by atoms with Crippen LogP contribution in [0.2, 0.25) is 0 Å². The van der Waals surface area contributed by atoms with E-state index in [4.69, 9.17) is 25.5 Å². The normalized spacial score (nSPS) is 8.79. The Morgan fingerprint density at radius 1 is 0.590 bits per heavy atom. The van der Waals surface area contributed by atoms with E-state index in [1.807, 2.05) is 0 Å². The third kappa shape index (κ3) is 41.8. The van der Waals surface area contributed by atoms with Crippen molar-refractivity contribution in [1.29, 1.82) is 0 Å². The molecule has 0 amide bonds. The third-order valence-electron chi connectivity index (χ3n) is 2.80. The fraction of sp³-hybridized carbons (Fsp3) is 0.533. The van der Waals surface area contributed by atoms with Crippen LogP contribution < -0.4 is 35.7 Å². The molecule has 0 aromatic heterocycles. The van der Waals surface area contributed by atoms with E-state index in [0.717, 1.165) is 0 Å². The number of carbonyl (C=O) groups excluding carboxylic acids is 7. The van der Waals surface area contributed by atoms with Gasteiger partial charge in [-0.05, 0) is 6.42 Å². The first-order chi connectivity index (χ1) is 15.6. The van der Waals surface area contributed by atoms with Crippen LogP contribution in [-0.2, 0) is 33.6 Å². The van der Waals surface area contributed by atoms with Crippen molar-refractivity contribution in [2.24, 2.45) is 0 Å². The molecular weight excluding hydrogens is 630 g/mol. The summed E-state index contributed by atoms with van der Waals surface area (Å²) in [7, 11) is 0. The van der Waals surface area contributed by atoms with Gasteiger partial charge >= 0.3 is 116 Å². The van der Waals surface area contributed by atoms with Crippen LogP contribution in [0.1, 0.15) is 39.0 Å². The van der Waals surface area contributed by atoms with E-state index in [0.29, 0.717) is 0 Å². The summed E-state index contributed by atoms with van der Waals surface area (Å²) in [5.74, 6) is -13.0. The number of hydrogen-bond donors (Lipinski definition) is 2. The van der Waals surface area contributed by atoms with Gasteiger partial charge in [-0.3, -0.25) is 0 Å². The van der Waals surface area contributed by atoms with Crippen LogP contribution in [0.4, 0.5) is 0 Å². The number of nitrogens with zero attached hydrogens (tertiary/aromatic N) is 1. The summed E-state index contributed by atoms with van der Waals surface area (Å²) in [5, 5.41) is 102. The molecule has 0 rings (SSSR count). The van der Waals surface area contributed by atoms with Gasteiger partial charge in [0, 0.05) is 55.5 Å². The van der Waals surface area contributed by atoms with Crippen molar-refractivity contribution < 1.29 is 84.6 Å². The molecule has 0 spiro atoms. The minimum atomic E-state index is -2.97. The molecule has 20 nitrogen and oxygen atoms in total. The molecule has 0 saturated carbocycles. The minimum Gasteiger partial charge on any atom is -0.550 e. The molecule has 0 saturated heterocycles. The Morgan fingerprint density at radius 3 is 0.769 bits per heavy atom. The van der Waals surface area contributed by atoms with Crippen LogP contribution in [-0.4, -0.2) is 184 Å². The van der Waals surface area contributed by atoms with E-state index >= 15 is 0 Å². The number of carboxylic acids is 7. The number of carbonyl (C=O) groups is 7. The largest absolute Gasteiger partial charge is 3.00 e. The van der Waals surface area contributed by atoms with Gasteiger partial charge in [-0.15, -0.1) is 0 Å². The van der Waals surface area contributed by atoms with Crippen LogP contribution in [0.5, 0.6) is 0 Å². The van der Waals surface area contributed by atoms with Crippen LogP contribution in [0.15, 0.2) is 0 Å². The Kier molecular flexibility index (Phi) is 44.9. The molecule has 0 fully saturated rings. The number of carboxylic acid groups (broad SMARTS) is 7. The predicted molar refractivity (Wildman–Crippen MR) is 107 cm³/mol. The first kappa shape index (κ1) is 58.0. The van der Waals surface area contributed by atoms with Crippen LogP contribution in [0, 0.1) is 15.3 Å². The summed E-state index contributed by atoms with van der Waals surface area (Å²) in [6, 6.07) is 0. The van der Waals surface area contributed by atoms with Gasteiger partial charge in [0.05, 0.1) is 17.0 Å². The smallest absolute Gasteiger partial charge is 0.550 e. The molecule has 2 N–H and O–H groups in total. The Balaban J connectivity index is -0.0000000582. The van der Waals surface area contributed by atoms with E-state index in [9.17, 15) is 69.3 Å². The molecule has 0 bridgehead atoms. The van der Waals surface area contributed by atoms with Crippen LogP contribution >= 0.6 is 0 Å². The van der Waals surface area contributed by atoms with Crippen molar-refractivity contribution in [3.8, 4) is 0 Å². The summed E-state index contributed by atoms with van der Waals surface area (Å²) in [4.78, 5) is 77.5. The summed E-state index contributed by atoms with van der Waals surface area (Å²) < 4.78 is 0. The average Bonchev–Trinajstić information content (AvgIpc) is 2.59. The van der Waals surface area contributed by atoms with Gasteiger partial charge in [0.1, 0.15) is 11.2 Å². The molecule has 39 heavy (non-hydrogen) atoms. The van der Waals surface area contributed by atoms with E-state index < -0.39 is 83.8 Å². The molecule has 0 heterocycles.